The molecule has 1 heterocycles. The molecule has 0 bridgehead atoms. The summed E-state index contributed by atoms with van der Waals surface area (Å²) in [6.07, 6.45) is 0. The first-order chi connectivity index (χ1) is 7.99. The normalized spacial score (nSPS) is 10.5. The third-order valence-electron chi connectivity index (χ3n) is 2.56. The molecule has 0 saturated carbocycles. The van der Waals surface area contributed by atoms with Crippen molar-refractivity contribution >= 4 is 5.97 Å². The van der Waals surface area contributed by atoms with Crippen LogP contribution in [0.15, 0.2) is 18.2 Å². The number of benzene rings is 1. The van der Waals surface area contributed by atoms with Crippen molar-refractivity contribution in [3.8, 4) is 5.69 Å². The van der Waals surface area contributed by atoms with Gasteiger partial charge in [0.15, 0.2) is 0 Å². The minimum atomic E-state index is -0.944. The third-order valence-corrected chi connectivity index (χ3v) is 2.56. The van der Waals surface area contributed by atoms with Crippen LogP contribution in [0.25, 0.3) is 5.69 Å². The van der Waals surface area contributed by atoms with E-state index in [1.54, 1.807) is 29.8 Å². The number of aromatic nitrogens is 3. The van der Waals surface area contributed by atoms with Crippen LogP contribution in [0.5, 0.6) is 0 Å². The number of nitrogens with zero attached hydrogens (tertiary/aromatic N) is 3. The summed E-state index contributed by atoms with van der Waals surface area (Å²) in [4.78, 5) is 15.1. The number of rotatable bonds is 2. The first-order valence-corrected chi connectivity index (χ1v) is 5.23. The summed E-state index contributed by atoms with van der Waals surface area (Å²) in [5.74, 6) is 0.469. The van der Waals surface area contributed by atoms with E-state index >= 15 is 0 Å². The predicted molar refractivity (Wildman–Crippen MR) is 62.5 cm³/mol. The van der Waals surface area contributed by atoms with Crippen molar-refractivity contribution in [2.24, 2.45) is 0 Å². The molecule has 5 heteroatoms. The van der Waals surface area contributed by atoms with Gasteiger partial charge in [-0.2, -0.15) is 5.10 Å². The summed E-state index contributed by atoms with van der Waals surface area (Å²) < 4.78 is 1.66. The average Bonchev–Trinajstić information content (AvgIpc) is 2.58. The molecular weight excluding hydrogens is 218 g/mol. The molecule has 2 aromatic rings. The molecule has 0 aliphatic carbocycles. The second-order valence-electron chi connectivity index (χ2n) is 3.92. The number of carbonyl (C=O) groups is 1. The Balaban J connectivity index is 2.62. The highest BCUT2D eigenvalue weighted by molar-refractivity contribution is 5.88. The Morgan fingerprint density at radius 3 is 2.53 bits per heavy atom. The van der Waals surface area contributed by atoms with Crippen LogP contribution in [-0.2, 0) is 0 Å². The lowest BCUT2D eigenvalue weighted by molar-refractivity contribution is 0.0697. The molecule has 2 rings (SSSR count). The van der Waals surface area contributed by atoms with Gasteiger partial charge in [0, 0.05) is 0 Å². The van der Waals surface area contributed by atoms with E-state index in [2.05, 4.69) is 10.1 Å². The van der Waals surface area contributed by atoms with E-state index in [1.807, 2.05) is 13.8 Å². The Kier molecular flexibility index (Phi) is 2.67. The zero-order valence-corrected chi connectivity index (χ0v) is 9.93. The molecule has 0 amide bonds. The fraction of sp³-hybridized carbons (Fsp3) is 0.250. The molecule has 1 aromatic carbocycles. The smallest absolute Gasteiger partial charge is 0.335 e. The van der Waals surface area contributed by atoms with Gasteiger partial charge in [-0.05, 0) is 38.5 Å². The van der Waals surface area contributed by atoms with E-state index in [1.165, 1.54) is 0 Å². The first kappa shape index (κ1) is 11.3. The second-order valence-corrected chi connectivity index (χ2v) is 3.92. The van der Waals surface area contributed by atoms with E-state index in [0.29, 0.717) is 5.82 Å². The average molecular weight is 231 g/mol. The van der Waals surface area contributed by atoms with Crippen LogP contribution < -0.4 is 0 Å². The van der Waals surface area contributed by atoms with E-state index in [4.69, 9.17) is 5.11 Å². The topological polar surface area (TPSA) is 68.0 Å². The predicted octanol–water partition coefficient (Wildman–Crippen LogP) is 1.89. The van der Waals surface area contributed by atoms with Gasteiger partial charge < -0.3 is 5.11 Å². The van der Waals surface area contributed by atoms with E-state index < -0.39 is 5.97 Å². The van der Waals surface area contributed by atoms with Gasteiger partial charge in [-0.1, -0.05) is 6.07 Å². The van der Waals surface area contributed by atoms with Crippen molar-refractivity contribution in [3.63, 3.8) is 0 Å². The van der Waals surface area contributed by atoms with Gasteiger partial charge in [0.2, 0.25) is 0 Å². The minimum Gasteiger partial charge on any atom is -0.478 e. The standard InChI is InChI=1S/C12H13N3O2/c1-7-4-5-10(12(16)17)6-11(7)15-9(3)13-8(2)14-15/h4-6H,1-3H3,(H,16,17). The summed E-state index contributed by atoms with van der Waals surface area (Å²) in [6.45, 7) is 5.56. The number of hydrogen-bond acceptors (Lipinski definition) is 3. The van der Waals surface area contributed by atoms with Crippen molar-refractivity contribution < 1.29 is 9.90 Å². The molecule has 0 aliphatic heterocycles. The lowest BCUT2D eigenvalue weighted by Crippen LogP contribution is -2.05. The van der Waals surface area contributed by atoms with Crippen LogP contribution in [0, 0.1) is 20.8 Å². The minimum absolute atomic E-state index is 0.248. The molecule has 17 heavy (non-hydrogen) atoms. The second kappa shape index (κ2) is 4.01. The van der Waals surface area contributed by atoms with Crippen LogP contribution in [0.4, 0.5) is 0 Å². The Labute approximate surface area is 98.7 Å². The van der Waals surface area contributed by atoms with Gasteiger partial charge in [0.25, 0.3) is 0 Å². The summed E-state index contributed by atoms with van der Waals surface area (Å²) >= 11 is 0. The van der Waals surface area contributed by atoms with Crippen LogP contribution in [0.1, 0.15) is 27.6 Å². The maximum absolute atomic E-state index is 10.9. The maximum Gasteiger partial charge on any atom is 0.335 e. The largest absolute Gasteiger partial charge is 0.478 e. The highest BCUT2D eigenvalue weighted by Gasteiger charge is 2.11. The van der Waals surface area contributed by atoms with Crippen LogP contribution in [0.2, 0.25) is 0 Å². The quantitative estimate of drug-likeness (QED) is 0.857. The van der Waals surface area contributed by atoms with Crippen LogP contribution >= 0.6 is 0 Å². The molecule has 0 spiro atoms. The van der Waals surface area contributed by atoms with E-state index in [0.717, 1.165) is 17.1 Å². The first-order valence-electron chi connectivity index (χ1n) is 5.23. The molecule has 1 N–H and O–H groups in total. The number of aromatic carboxylic acids is 1. The van der Waals surface area contributed by atoms with Gasteiger partial charge in [-0.25, -0.2) is 14.5 Å². The molecule has 88 valence electrons. The maximum atomic E-state index is 10.9. The fourth-order valence-electron chi connectivity index (χ4n) is 1.72. The molecule has 0 radical (unpaired) electrons. The number of carboxylic acids is 1. The lowest BCUT2D eigenvalue weighted by atomic mass is 10.1. The fourth-order valence-corrected chi connectivity index (χ4v) is 1.72. The van der Waals surface area contributed by atoms with E-state index in [-0.39, 0.29) is 5.56 Å². The van der Waals surface area contributed by atoms with Gasteiger partial charge in [0.1, 0.15) is 11.6 Å². The lowest BCUT2D eigenvalue weighted by Gasteiger charge is -2.08. The van der Waals surface area contributed by atoms with Gasteiger partial charge in [-0.15, -0.1) is 0 Å². The van der Waals surface area contributed by atoms with Gasteiger partial charge in [0.05, 0.1) is 11.3 Å². The molecule has 0 saturated heterocycles. The number of carboxylic acid groups (broad SMARTS) is 1. The highest BCUT2D eigenvalue weighted by atomic mass is 16.4. The van der Waals surface area contributed by atoms with Crippen molar-refractivity contribution in [2.45, 2.75) is 20.8 Å². The molecule has 5 nitrogen and oxygen atoms in total. The summed E-state index contributed by atoms with van der Waals surface area (Å²) in [5, 5.41) is 13.2. The Bertz CT molecular complexity index is 587. The zero-order valence-electron chi connectivity index (χ0n) is 9.93. The summed E-state index contributed by atoms with van der Waals surface area (Å²) in [6, 6.07) is 4.97. The third kappa shape index (κ3) is 2.04. The summed E-state index contributed by atoms with van der Waals surface area (Å²) in [5.41, 5.74) is 1.96. The van der Waals surface area contributed by atoms with Crippen LogP contribution in [0.3, 0.4) is 0 Å². The molecule has 0 aliphatic rings. The SMILES string of the molecule is Cc1nc(C)n(-c2cc(C(=O)O)ccc2C)n1. The van der Waals surface area contributed by atoms with Crippen molar-refractivity contribution in [3.05, 3.63) is 41.0 Å². The van der Waals surface area contributed by atoms with Gasteiger partial charge in [-0.3, -0.25) is 0 Å². The van der Waals surface area contributed by atoms with E-state index in [9.17, 15) is 4.79 Å². The van der Waals surface area contributed by atoms with Crippen LogP contribution in [-0.4, -0.2) is 25.8 Å². The van der Waals surface area contributed by atoms with Gasteiger partial charge >= 0.3 is 5.97 Å². The Morgan fingerprint density at radius 1 is 1.29 bits per heavy atom. The number of hydrogen-bond donors (Lipinski definition) is 1. The van der Waals surface area contributed by atoms with Crippen molar-refractivity contribution in [1.82, 2.24) is 14.8 Å². The van der Waals surface area contributed by atoms with Crippen molar-refractivity contribution in [1.29, 1.82) is 0 Å². The Morgan fingerprint density at radius 2 is 2.00 bits per heavy atom. The van der Waals surface area contributed by atoms with Crippen molar-refractivity contribution in [2.75, 3.05) is 0 Å². The molecule has 0 fully saturated rings. The molecular formula is C12H13N3O2. The highest BCUT2D eigenvalue weighted by Crippen LogP contribution is 2.17. The summed E-state index contributed by atoms with van der Waals surface area (Å²) in [7, 11) is 0. The Hall–Kier alpha value is -2.17. The molecule has 1 aromatic heterocycles. The molecule has 0 unspecified atom stereocenters. The zero-order chi connectivity index (χ0) is 12.6. The number of aryl methyl sites for hydroxylation is 3. The molecule has 0 atom stereocenters. The monoisotopic (exact) mass is 231 g/mol.